The lowest BCUT2D eigenvalue weighted by atomic mass is 9.86. The molecule has 0 bridgehead atoms. The van der Waals surface area contributed by atoms with Gasteiger partial charge in [0.05, 0.1) is 7.11 Å². The van der Waals surface area contributed by atoms with Crippen LogP contribution in [-0.4, -0.2) is 26.3 Å². The molecule has 0 aliphatic rings. The van der Waals surface area contributed by atoms with Crippen LogP contribution in [0.4, 0.5) is 0 Å². The van der Waals surface area contributed by atoms with Crippen LogP contribution in [0.1, 0.15) is 47.1 Å². The molecule has 0 saturated carbocycles. The summed E-state index contributed by atoms with van der Waals surface area (Å²) in [5, 5.41) is 3.44. The molecular formula is C18H31NO2. The number of methoxy groups -OCH3 is 1. The third-order valence-corrected chi connectivity index (χ3v) is 3.31. The van der Waals surface area contributed by atoms with Gasteiger partial charge in [-0.05, 0) is 43.0 Å². The summed E-state index contributed by atoms with van der Waals surface area (Å²) in [5.41, 5.74) is 1.20. The average molecular weight is 293 g/mol. The van der Waals surface area contributed by atoms with Gasteiger partial charge >= 0.3 is 0 Å². The third kappa shape index (κ3) is 5.96. The first-order valence-electron chi connectivity index (χ1n) is 7.80. The number of hydrogen-bond acceptors (Lipinski definition) is 3. The zero-order valence-electron chi connectivity index (χ0n) is 14.6. The highest BCUT2D eigenvalue weighted by Crippen LogP contribution is 2.34. The van der Waals surface area contributed by atoms with Gasteiger partial charge in [0, 0.05) is 12.1 Å². The van der Waals surface area contributed by atoms with E-state index in [0.29, 0.717) is 5.92 Å². The van der Waals surface area contributed by atoms with Crippen LogP contribution in [0.25, 0.3) is 0 Å². The molecule has 1 aromatic rings. The minimum atomic E-state index is 0.0228. The molecule has 1 aromatic carbocycles. The highest BCUT2D eigenvalue weighted by molar-refractivity contribution is 5.44. The molecule has 1 N–H and O–H groups in total. The van der Waals surface area contributed by atoms with E-state index in [1.165, 1.54) is 5.56 Å². The molecule has 0 aliphatic carbocycles. The molecular weight excluding hydrogens is 262 g/mol. The first-order chi connectivity index (χ1) is 9.74. The number of ether oxygens (including phenoxy) is 2. The van der Waals surface area contributed by atoms with Crippen molar-refractivity contribution in [3.63, 3.8) is 0 Å². The van der Waals surface area contributed by atoms with Gasteiger partial charge in [0.25, 0.3) is 0 Å². The Morgan fingerprint density at radius 3 is 2.29 bits per heavy atom. The van der Waals surface area contributed by atoms with E-state index in [1.807, 2.05) is 12.1 Å². The second-order valence-electron chi connectivity index (χ2n) is 7.09. The minimum absolute atomic E-state index is 0.0228. The first kappa shape index (κ1) is 17.8. The smallest absolute Gasteiger partial charge is 0.123 e. The third-order valence-electron chi connectivity index (χ3n) is 3.31. The molecule has 120 valence electrons. The van der Waals surface area contributed by atoms with Gasteiger partial charge in [0.15, 0.2) is 0 Å². The molecule has 3 nitrogen and oxygen atoms in total. The number of rotatable bonds is 7. The van der Waals surface area contributed by atoms with Crippen molar-refractivity contribution in [3.8, 4) is 11.5 Å². The summed E-state index contributed by atoms with van der Waals surface area (Å²) in [4.78, 5) is 0. The van der Waals surface area contributed by atoms with Gasteiger partial charge in [-0.15, -0.1) is 0 Å². The van der Waals surface area contributed by atoms with Crippen LogP contribution in [0.3, 0.4) is 0 Å². The van der Waals surface area contributed by atoms with Gasteiger partial charge in [-0.25, -0.2) is 0 Å². The van der Waals surface area contributed by atoms with Crippen LogP contribution in [0.2, 0.25) is 0 Å². The van der Waals surface area contributed by atoms with Crippen molar-refractivity contribution >= 4 is 0 Å². The summed E-state index contributed by atoms with van der Waals surface area (Å²) < 4.78 is 11.5. The zero-order chi connectivity index (χ0) is 16.0. The van der Waals surface area contributed by atoms with E-state index in [2.05, 4.69) is 52.9 Å². The van der Waals surface area contributed by atoms with E-state index in [9.17, 15) is 0 Å². The molecule has 1 rings (SSSR count). The van der Waals surface area contributed by atoms with Crippen molar-refractivity contribution in [1.29, 1.82) is 0 Å². The highest BCUT2D eigenvalue weighted by Gasteiger charge is 2.21. The van der Waals surface area contributed by atoms with E-state index >= 15 is 0 Å². The quantitative estimate of drug-likeness (QED) is 0.824. The Morgan fingerprint density at radius 1 is 1.10 bits per heavy atom. The second-order valence-corrected chi connectivity index (χ2v) is 7.09. The van der Waals surface area contributed by atoms with Crippen LogP contribution in [-0.2, 0) is 5.41 Å². The van der Waals surface area contributed by atoms with Gasteiger partial charge in [-0.3, -0.25) is 0 Å². The lowest BCUT2D eigenvalue weighted by molar-refractivity contribution is 0.210. The molecule has 0 saturated heterocycles. The minimum Gasteiger partial charge on any atom is -0.497 e. The largest absolute Gasteiger partial charge is 0.497 e. The Balaban J connectivity index is 2.78. The van der Waals surface area contributed by atoms with Crippen molar-refractivity contribution in [2.45, 2.75) is 53.1 Å². The average Bonchev–Trinajstić information content (AvgIpc) is 2.37. The zero-order valence-corrected chi connectivity index (χ0v) is 14.6. The normalized spacial score (nSPS) is 13.3. The van der Waals surface area contributed by atoms with E-state index in [4.69, 9.17) is 9.47 Å². The summed E-state index contributed by atoms with van der Waals surface area (Å²) in [6.45, 7) is 15.0. The van der Waals surface area contributed by atoms with Gasteiger partial charge in [0.2, 0.25) is 0 Å². The molecule has 0 fully saturated rings. The van der Waals surface area contributed by atoms with Crippen molar-refractivity contribution in [2.75, 3.05) is 20.2 Å². The van der Waals surface area contributed by atoms with Crippen molar-refractivity contribution in [1.82, 2.24) is 5.32 Å². The van der Waals surface area contributed by atoms with E-state index in [-0.39, 0.29) is 11.5 Å². The molecule has 0 radical (unpaired) electrons. The maximum atomic E-state index is 6.14. The number of nitrogens with one attached hydrogen (secondary N) is 1. The highest BCUT2D eigenvalue weighted by atomic mass is 16.5. The SMILES string of the molecule is COc1ccc(OC(C)CNCC(C)C)c(C(C)(C)C)c1. The van der Waals surface area contributed by atoms with Crippen molar-refractivity contribution in [2.24, 2.45) is 5.92 Å². The predicted molar refractivity (Wildman–Crippen MR) is 89.5 cm³/mol. The molecule has 0 heterocycles. The maximum Gasteiger partial charge on any atom is 0.123 e. The van der Waals surface area contributed by atoms with E-state index in [1.54, 1.807) is 7.11 Å². The standard InChI is InChI=1S/C18H31NO2/c1-13(2)11-19-12-14(3)21-17-9-8-15(20-7)10-16(17)18(4,5)6/h8-10,13-14,19H,11-12H2,1-7H3. The fourth-order valence-electron chi connectivity index (χ4n) is 2.16. The molecule has 0 amide bonds. The van der Waals surface area contributed by atoms with Crippen LogP contribution in [0.5, 0.6) is 11.5 Å². The van der Waals surface area contributed by atoms with E-state index in [0.717, 1.165) is 24.6 Å². The second kappa shape index (κ2) is 7.69. The molecule has 21 heavy (non-hydrogen) atoms. The molecule has 3 heteroatoms. The fourth-order valence-corrected chi connectivity index (χ4v) is 2.16. The summed E-state index contributed by atoms with van der Waals surface area (Å²) in [7, 11) is 1.70. The Kier molecular flexibility index (Phi) is 6.53. The number of benzene rings is 1. The van der Waals surface area contributed by atoms with Crippen LogP contribution in [0.15, 0.2) is 18.2 Å². The Bertz CT molecular complexity index is 435. The summed E-state index contributed by atoms with van der Waals surface area (Å²) in [6.07, 6.45) is 0.137. The number of hydrogen-bond donors (Lipinski definition) is 1. The maximum absolute atomic E-state index is 6.14. The lowest BCUT2D eigenvalue weighted by Gasteiger charge is -2.25. The Labute approximate surface area is 130 Å². The molecule has 1 unspecified atom stereocenters. The fraction of sp³-hybridized carbons (Fsp3) is 0.667. The summed E-state index contributed by atoms with van der Waals surface area (Å²) in [5.74, 6) is 2.48. The Hall–Kier alpha value is -1.22. The lowest BCUT2D eigenvalue weighted by Crippen LogP contribution is -2.31. The topological polar surface area (TPSA) is 30.5 Å². The monoisotopic (exact) mass is 293 g/mol. The summed E-state index contributed by atoms with van der Waals surface area (Å²) in [6, 6.07) is 6.04. The summed E-state index contributed by atoms with van der Waals surface area (Å²) >= 11 is 0. The molecule has 0 aromatic heterocycles. The van der Waals surface area contributed by atoms with Crippen LogP contribution in [0, 0.1) is 5.92 Å². The Morgan fingerprint density at radius 2 is 1.76 bits per heavy atom. The van der Waals surface area contributed by atoms with Gasteiger partial charge in [0.1, 0.15) is 17.6 Å². The van der Waals surface area contributed by atoms with Gasteiger partial charge in [-0.1, -0.05) is 34.6 Å². The molecule has 0 aliphatic heterocycles. The first-order valence-corrected chi connectivity index (χ1v) is 7.80. The predicted octanol–water partition coefficient (Wildman–Crippen LogP) is 4.01. The van der Waals surface area contributed by atoms with Crippen LogP contribution < -0.4 is 14.8 Å². The van der Waals surface area contributed by atoms with Gasteiger partial charge < -0.3 is 14.8 Å². The molecule has 1 atom stereocenters. The van der Waals surface area contributed by atoms with E-state index < -0.39 is 0 Å². The van der Waals surface area contributed by atoms with Crippen molar-refractivity contribution < 1.29 is 9.47 Å². The van der Waals surface area contributed by atoms with Crippen LogP contribution >= 0.6 is 0 Å². The van der Waals surface area contributed by atoms with Gasteiger partial charge in [-0.2, -0.15) is 0 Å². The molecule has 0 spiro atoms. The van der Waals surface area contributed by atoms with Crippen molar-refractivity contribution in [3.05, 3.63) is 23.8 Å².